The van der Waals surface area contributed by atoms with Crippen LogP contribution in [0.3, 0.4) is 0 Å². The molecule has 0 aromatic rings. The topological polar surface area (TPSA) is 63.3 Å². The van der Waals surface area contributed by atoms with E-state index >= 15 is 0 Å². The van der Waals surface area contributed by atoms with Crippen molar-refractivity contribution in [2.45, 2.75) is 18.9 Å². The Morgan fingerprint density at radius 3 is 3.00 bits per heavy atom. The van der Waals surface area contributed by atoms with Crippen LogP contribution in [0, 0.1) is 0 Å². The summed E-state index contributed by atoms with van der Waals surface area (Å²) in [6, 6.07) is -0.163. The molecule has 12 heavy (non-hydrogen) atoms. The van der Waals surface area contributed by atoms with Gasteiger partial charge < -0.3 is 10.8 Å². The summed E-state index contributed by atoms with van der Waals surface area (Å²) in [6.07, 6.45) is 4.08. The van der Waals surface area contributed by atoms with Crippen LogP contribution in [0.15, 0.2) is 22.8 Å². The molecule has 0 amide bonds. The van der Waals surface area contributed by atoms with Crippen molar-refractivity contribution in [2.75, 3.05) is 0 Å². The maximum absolute atomic E-state index is 10.3. The van der Waals surface area contributed by atoms with Crippen molar-refractivity contribution in [3.05, 3.63) is 22.8 Å². The molecule has 66 valence electrons. The van der Waals surface area contributed by atoms with Crippen molar-refractivity contribution in [1.82, 2.24) is 0 Å². The number of nitrogens with two attached hydrogens (primary N) is 1. The predicted molar refractivity (Wildman–Crippen MR) is 46.9 cm³/mol. The van der Waals surface area contributed by atoms with E-state index in [1.807, 2.05) is 6.08 Å². The first-order valence-corrected chi connectivity index (χ1v) is 4.01. The Bertz CT molecular complexity index is 258. The van der Waals surface area contributed by atoms with Gasteiger partial charge in [0.15, 0.2) is 0 Å². The highest BCUT2D eigenvalue weighted by atomic mass is 35.5. The zero-order valence-electron chi connectivity index (χ0n) is 6.46. The van der Waals surface area contributed by atoms with Crippen LogP contribution >= 0.6 is 11.6 Å². The lowest BCUT2D eigenvalue weighted by molar-refractivity contribution is -0.136. The van der Waals surface area contributed by atoms with Crippen LogP contribution in [0.25, 0.3) is 0 Å². The molecule has 1 rings (SSSR count). The van der Waals surface area contributed by atoms with E-state index in [9.17, 15) is 4.79 Å². The van der Waals surface area contributed by atoms with Gasteiger partial charge in [-0.15, -0.1) is 0 Å². The van der Waals surface area contributed by atoms with Crippen LogP contribution in [0.1, 0.15) is 12.8 Å². The standard InChI is InChI=1S/C8H10ClNO2/c9-6-3-5(4-8(11)12)1-2-7(6)10/h1,3,7H,2,4,10H2,(H,11,12). The van der Waals surface area contributed by atoms with Crippen LogP contribution in [-0.2, 0) is 4.79 Å². The van der Waals surface area contributed by atoms with Gasteiger partial charge in [-0.2, -0.15) is 0 Å². The maximum Gasteiger partial charge on any atom is 0.307 e. The van der Waals surface area contributed by atoms with Gasteiger partial charge in [-0.3, -0.25) is 4.79 Å². The molecule has 3 N–H and O–H groups in total. The molecule has 4 heteroatoms. The number of hydrogen-bond donors (Lipinski definition) is 2. The molecule has 0 aromatic carbocycles. The molecule has 0 saturated heterocycles. The number of allylic oxidation sites excluding steroid dienone is 1. The average molecular weight is 188 g/mol. The lowest BCUT2D eigenvalue weighted by Crippen LogP contribution is -2.21. The van der Waals surface area contributed by atoms with Gasteiger partial charge in [0.05, 0.1) is 6.42 Å². The Kier molecular flexibility index (Phi) is 2.89. The molecule has 0 aliphatic heterocycles. The SMILES string of the molecule is NC1CC=C(CC(=O)O)C=C1Cl. The molecule has 0 heterocycles. The summed E-state index contributed by atoms with van der Waals surface area (Å²) in [7, 11) is 0. The molecule has 1 aliphatic rings. The predicted octanol–water partition coefficient (Wildman–Crippen LogP) is 1.24. The minimum atomic E-state index is -0.850. The Hall–Kier alpha value is -0.800. The van der Waals surface area contributed by atoms with Crippen molar-refractivity contribution in [3.63, 3.8) is 0 Å². The van der Waals surface area contributed by atoms with Gasteiger partial charge in [0.2, 0.25) is 0 Å². The third-order valence-corrected chi connectivity index (χ3v) is 2.06. The van der Waals surface area contributed by atoms with Crippen molar-refractivity contribution in [1.29, 1.82) is 0 Å². The molecule has 1 unspecified atom stereocenters. The second kappa shape index (κ2) is 3.74. The third kappa shape index (κ3) is 2.36. The number of carboxylic acids is 1. The minimum Gasteiger partial charge on any atom is -0.481 e. The summed E-state index contributed by atoms with van der Waals surface area (Å²) in [5.41, 5.74) is 6.31. The van der Waals surface area contributed by atoms with E-state index in [0.717, 1.165) is 5.57 Å². The number of aliphatic carboxylic acids is 1. The molecule has 1 atom stereocenters. The molecule has 3 nitrogen and oxygen atoms in total. The molecule has 0 radical (unpaired) electrons. The second-order valence-corrected chi connectivity index (χ2v) is 3.16. The summed E-state index contributed by atoms with van der Waals surface area (Å²) < 4.78 is 0. The van der Waals surface area contributed by atoms with Crippen LogP contribution < -0.4 is 5.73 Å². The Morgan fingerprint density at radius 2 is 2.50 bits per heavy atom. The molecule has 0 saturated carbocycles. The summed E-state index contributed by atoms with van der Waals surface area (Å²) >= 11 is 5.75. The fourth-order valence-electron chi connectivity index (χ4n) is 1.03. The Morgan fingerprint density at radius 1 is 1.83 bits per heavy atom. The van der Waals surface area contributed by atoms with Gasteiger partial charge in [0.25, 0.3) is 0 Å². The summed E-state index contributed by atoms with van der Waals surface area (Å²) in [6.45, 7) is 0. The lowest BCUT2D eigenvalue weighted by atomic mass is 10.0. The maximum atomic E-state index is 10.3. The van der Waals surface area contributed by atoms with Gasteiger partial charge in [0.1, 0.15) is 0 Å². The highest BCUT2D eigenvalue weighted by molar-refractivity contribution is 6.30. The largest absolute Gasteiger partial charge is 0.481 e. The smallest absolute Gasteiger partial charge is 0.307 e. The first-order valence-electron chi connectivity index (χ1n) is 3.63. The van der Waals surface area contributed by atoms with Gasteiger partial charge in [-0.25, -0.2) is 0 Å². The molecule has 0 aromatic heterocycles. The normalized spacial score (nSPS) is 23.0. The number of carbonyl (C=O) groups is 1. The van der Waals surface area contributed by atoms with E-state index in [-0.39, 0.29) is 12.5 Å². The van der Waals surface area contributed by atoms with E-state index in [4.69, 9.17) is 22.4 Å². The second-order valence-electron chi connectivity index (χ2n) is 2.72. The average Bonchev–Trinajstić information content (AvgIpc) is 1.96. The van der Waals surface area contributed by atoms with E-state index in [1.165, 1.54) is 0 Å². The van der Waals surface area contributed by atoms with Gasteiger partial charge in [-0.1, -0.05) is 17.7 Å². The van der Waals surface area contributed by atoms with Gasteiger partial charge in [-0.05, 0) is 18.1 Å². The van der Waals surface area contributed by atoms with Crippen molar-refractivity contribution < 1.29 is 9.90 Å². The van der Waals surface area contributed by atoms with E-state index in [2.05, 4.69) is 0 Å². The monoisotopic (exact) mass is 187 g/mol. The highest BCUT2D eigenvalue weighted by Gasteiger charge is 2.13. The first kappa shape index (κ1) is 9.29. The van der Waals surface area contributed by atoms with E-state index in [1.54, 1.807) is 6.08 Å². The van der Waals surface area contributed by atoms with Crippen LogP contribution in [0.5, 0.6) is 0 Å². The number of carboxylic acid groups (broad SMARTS) is 1. The van der Waals surface area contributed by atoms with E-state index in [0.29, 0.717) is 11.5 Å². The number of hydrogen-bond acceptors (Lipinski definition) is 2. The summed E-state index contributed by atoms with van der Waals surface area (Å²) in [4.78, 5) is 10.3. The molecule has 0 bridgehead atoms. The quantitative estimate of drug-likeness (QED) is 0.684. The van der Waals surface area contributed by atoms with Crippen molar-refractivity contribution in [2.24, 2.45) is 5.73 Å². The fraction of sp³-hybridized carbons (Fsp3) is 0.375. The van der Waals surface area contributed by atoms with E-state index < -0.39 is 5.97 Å². The van der Waals surface area contributed by atoms with Gasteiger partial charge >= 0.3 is 5.97 Å². The highest BCUT2D eigenvalue weighted by Crippen LogP contribution is 2.21. The molecule has 0 spiro atoms. The van der Waals surface area contributed by atoms with Crippen molar-refractivity contribution >= 4 is 17.6 Å². The summed E-state index contributed by atoms with van der Waals surface area (Å²) in [5.74, 6) is -0.850. The zero-order valence-corrected chi connectivity index (χ0v) is 7.21. The van der Waals surface area contributed by atoms with Crippen LogP contribution in [0.4, 0.5) is 0 Å². The Balaban J connectivity index is 2.65. The number of halogens is 1. The fourth-order valence-corrected chi connectivity index (χ4v) is 1.26. The molecule has 0 fully saturated rings. The lowest BCUT2D eigenvalue weighted by Gasteiger charge is -2.14. The van der Waals surface area contributed by atoms with Crippen LogP contribution in [-0.4, -0.2) is 17.1 Å². The zero-order chi connectivity index (χ0) is 9.14. The van der Waals surface area contributed by atoms with Gasteiger partial charge in [0, 0.05) is 11.1 Å². The number of rotatable bonds is 2. The molecular formula is C8H10ClNO2. The third-order valence-electron chi connectivity index (χ3n) is 1.67. The minimum absolute atomic E-state index is 0.0168. The van der Waals surface area contributed by atoms with Crippen molar-refractivity contribution in [3.8, 4) is 0 Å². The molecule has 1 aliphatic carbocycles. The summed E-state index contributed by atoms with van der Waals surface area (Å²) in [5, 5.41) is 9.01. The molecular weight excluding hydrogens is 178 g/mol. The Labute approximate surface area is 75.5 Å². The first-order chi connectivity index (χ1) is 5.59. The van der Waals surface area contributed by atoms with Crippen LogP contribution in [0.2, 0.25) is 0 Å².